The number of carboxylic acid groups (broad SMARTS) is 1. The summed E-state index contributed by atoms with van der Waals surface area (Å²) < 4.78 is 3.09. The summed E-state index contributed by atoms with van der Waals surface area (Å²) in [4.78, 5) is 13.3. The van der Waals surface area contributed by atoms with E-state index in [4.69, 9.17) is 23.2 Å². The fourth-order valence-electron chi connectivity index (χ4n) is 2.11. The lowest BCUT2D eigenvalue weighted by atomic mass is 10.1. The predicted octanol–water partition coefficient (Wildman–Crippen LogP) is 6.54. The van der Waals surface area contributed by atoms with Crippen molar-refractivity contribution >= 4 is 58.1 Å². The summed E-state index contributed by atoms with van der Waals surface area (Å²) in [6, 6.07) is 14.4. The van der Waals surface area contributed by atoms with Crippen LogP contribution in [0.1, 0.15) is 10.4 Å². The van der Waals surface area contributed by atoms with E-state index >= 15 is 0 Å². The van der Waals surface area contributed by atoms with Crippen LogP contribution < -0.4 is 4.72 Å². The maximum Gasteiger partial charge on any atom is 0.337 e. The number of halogens is 2. The number of hydrogen-bond donors (Lipinski definition) is 2. The molecule has 0 fully saturated rings. The second-order valence-electron chi connectivity index (χ2n) is 4.85. The van der Waals surface area contributed by atoms with Crippen molar-refractivity contribution in [1.82, 2.24) is 0 Å². The quantitative estimate of drug-likeness (QED) is 0.481. The minimum Gasteiger partial charge on any atom is -0.478 e. The zero-order valence-electron chi connectivity index (χ0n) is 12.1. The van der Waals surface area contributed by atoms with Gasteiger partial charge in [0, 0.05) is 19.8 Å². The molecule has 0 amide bonds. The SMILES string of the molecule is O=C(O)c1ccc(-c2cccs2)cc1NSc1cc(Cl)cc(Cl)c1. The molecule has 122 valence electrons. The Morgan fingerprint density at radius 2 is 1.83 bits per heavy atom. The standard InChI is InChI=1S/C17H11Cl2NO2S2/c18-11-7-12(19)9-13(8-11)24-20-15-6-10(16-2-1-5-23-16)3-4-14(15)17(21)22/h1-9,20H,(H,21,22). The molecular formula is C17H11Cl2NO2S2. The minimum absolute atomic E-state index is 0.205. The number of benzene rings is 2. The second-order valence-corrected chi connectivity index (χ2v) is 7.55. The number of aromatic carboxylic acids is 1. The van der Waals surface area contributed by atoms with Gasteiger partial charge in [0.2, 0.25) is 0 Å². The van der Waals surface area contributed by atoms with Gasteiger partial charge >= 0.3 is 5.97 Å². The van der Waals surface area contributed by atoms with Crippen LogP contribution in [0.3, 0.4) is 0 Å². The summed E-state index contributed by atoms with van der Waals surface area (Å²) in [6.45, 7) is 0. The summed E-state index contributed by atoms with van der Waals surface area (Å²) in [5.41, 5.74) is 1.69. The van der Waals surface area contributed by atoms with Gasteiger partial charge in [0.15, 0.2) is 0 Å². The summed E-state index contributed by atoms with van der Waals surface area (Å²) >= 11 is 14.8. The molecule has 3 rings (SSSR count). The Bertz CT molecular complexity index is 862. The molecule has 0 radical (unpaired) electrons. The van der Waals surface area contributed by atoms with Gasteiger partial charge in [0.1, 0.15) is 0 Å². The molecule has 0 unspecified atom stereocenters. The Kier molecular flexibility index (Phi) is 5.36. The molecule has 0 saturated carbocycles. The Morgan fingerprint density at radius 3 is 2.46 bits per heavy atom. The van der Waals surface area contributed by atoms with E-state index in [0.717, 1.165) is 15.3 Å². The molecule has 0 spiro atoms. The van der Waals surface area contributed by atoms with E-state index in [1.807, 2.05) is 23.6 Å². The highest BCUT2D eigenvalue weighted by Gasteiger charge is 2.12. The van der Waals surface area contributed by atoms with E-state index in [1.54, 1.807) is 41.7 Å². The van der Waals surface area contributed by atoms with Gasteiger partial charge in [-0.15, -0.1) is 11.3 Å². The number of carboxylic acids is 1. The highest BCUT2D eigenvalue weighted by Crippen LogP contribution is 2.33. The molecule has 0 aliphatic rings. The van der Waals surface area contributed by atoms with Crippen molar-refractivity contribution in [3.8, 4) is 10.4 Å². The third-order valence-corrected chi connectivity index (χ3v) is 5.32. The average Bonchev–Trinajstić information content (AvgIpc) is 3.06. The van der Waals surface area contributed by atoms with E-state index in [0.29, 0.717) is 15.7 Å². The first kappa shape index (κ1) is 17.2. The highest BCUT2D eigenvalue weighted by atomic mass is 35.5. The van der Waals surface area contributed by atoms with Crippen LogP contribution in [0.25, 0.3) is 10.4 Å². The fourth-order valence-corrected chi connectivity index (χ4v) is 4.26. The monoisotopic (exact) mass is 395 g/mol. The topological polar surface area (TPSA) is 49.3 Å². The molecule has 3 nitrogen and oxygen atoms in total. The third-order valence-electron chi connectivity index (χ3n) is 3.17. The van der Waals surface area contributed by atoms with E-state index in [1.165, 1.54) is 11.9 Å². The van der Waals surface area contributed by atoms with Crippen molar-refractivity contribution in [3.63, 3.8) is 0 Å². The molecule has 2 N–H and O–H groups in total. The van der Waals surface area contributed by atoms with Gasteiger partial charge in [-0.3, -0.25) is 0 Å². The average molecular weight is 396 g/mol. The Balaban J connectivity index is 1.90. The predicted molar refractivity (Wildman–Crippen MR) is 103 cm³/mol. The first-order valence-corrected chi connectivity index (χ1v) is 9.28. The lowest BCUT2D eigenvalue weighted by Crippen LogP contribution is -2.01. The lowest BCUT2D eigenvalue weighted by molar-refractivity contribution is 0.0698. The van der Waals surface area contributed by atoms with E-state index in [2.05, 4.69) is 4.72 Å². The molecule has 7 heteroatoms. The molecule has 0 saturated heterocycles. The maximum absolute atomic E-state index is 11.5. The van der Waals surface area contributed by atoms with Crippen LogP contribution in [0, 0.1) is 0 Å². The molecule has 3 aromatic rings. The van der Waals surface area contributed by atoms with Gasteiger partial charge in [-0.25, -0.2) is 4.79 Å². The van der Waals surface area contributed by atoms with Gasteiger partial charge in [0.05, 0.1) is 11.3 Å². The smallest absolute Gasteiger partial charge is 0.337 e. The number of carbonyl (C=O) groups is 1. The number of anilines is 1. The molecular weight excluding hydrogens is 385 g/mol. The molecule has 1 aromatic heterocycles. The highest BCUT2D eigenvalue weighted by molar-refractivity contribution is 8.00. The Hall–Kier alpha value is -1.66. The van der Waals surface area contributed by atoms with Crippen LogP contribution in [-0.4, -0.2) is 11.1 Å². The maximum atomic E-state index is 11.5. The molecule has 0 bridgehead atoms. The summed E-state index contributed by atoms with van der Waals surface area (Å²) in [7, 11) is 0. The summed E-state index contributed by atoms with van der Waals surface area (Å²) in [6.07, 6.45) is 0. The van der Waals surface area contributed by atoms with Crippen LogP contribution in [-0.2, 0) is 0 Å². The van der Waals surface area contributed by atoms with E-state index in [9.17, 15) is 9.90 Å². The van der Waals surface area contributed by atoms with E-state index in [-0.39, 0.29) is 5.56 Å². The summed E-state index contributed by atoms with van der Waals surface area (Å²) in [5, 5.41) is 12.4. The van der Waals surface area contributed by atoms with Crippen LogP contribution in [0.2, 0.25) is 10.0 Å². The first-order chi connectivity index (χ1) is 11.5. The first-order valence-electron chi connectivity index (χ1n) is 6.83. The molecule has 0 atom stereocenters. The van der Waals surface area contributed by atoms with Crippen molar-refractivity contribution in [2.75, 3.05) is 4.72 Å². The Labute approximate surface area is 157 Å². The van der Waals surface area contributed by atoms with Crippen LogP contribution in [0.15, 0.2) is 58.8 Å². The van der Waals surface area contributed by atoms with Crippen LogP contribution >= 0.6 is 46.5 Å². The summed E-state index contributed by atoms with van der Waals surface area (Å²) in [5.74, 6) is -0.986. The molecule has 2 aromatic carbocycles. The molecule has 0 aliphatic carbocycles. The largest absolute Gasteiger partial charge is 0.478 e. The second kappa shape index (κ2) is 7.49. The van der Waals surface area contributed by atoms with Crippen molar-refractivity contribution in [2.45, 2.75) is 4.90 Å². The van der Waals surface area contributed by atoms with Gasteiger partial charge < -0.3 is 9.83 Å². The van der Waals surface area contributed by atoms with Crippen molar-refractivity contribution in [2.24, 2.45) is 0 Å². The fraction of sp³-hybridized carbons (Fsp3) is 0. The van der Waals surface area contributed by atoms with Gasteiger partial charge in [-0.2, -0.15) is 0 Å². The van der Waals surface area contributed by atoms with Crippen LogP contribution in [0.4, 0.5) is 5.69 Å². The lowest BCUT2D eigenvalue weighted by Gasteiger charge is -2.11. The van der Waals surface area contributed by atoms with Crippen molar-refractivity contribution in [3.05, 3.63) is 69.5 Å². The van der Waals surface area contributed by atoms with Crippen molar-refractivity contribution < 1.29 is 9.90 Å². The van der Waals surface area contributed by atoms with Crippen molar-refractivity contribution in [1.29, 1.82) is 0 Å². The number of hydrogen-bond acceptors (Lipinski definition) is 4. The van der Waals surface area contributed by atoms with Gasteiger partial charge in [-0.1, -0.05) is 35.3 Å². The number of nitrogens with one attached hydrogen (secondary N) is 1. The van der Waals surface area contributed by atoms with Crippen LogP contribution in [0.5, 0.6) is 0 Å². The Morgan fingerprint density at radius 1 is 1.08 bits per heavy atom. The molecule has 24 heavy (non-hydrogen) atoms. The van der Waals surface area contributed by atoms with Gasteiger partial charge in [-0.05, 0) is 59.3 Å². The zero-order chi connectivity index (χ0) is 17.1. The number of thiophene rings is 1. The van der Waals surface area contributed by atoms with E-state index < -0.39 is 5.97 Å². The third kappa shape index (κ3) is 4.05. The molecule has 1 heterocycles. The minimum atomic E-state index is -0.986. The number of rotatable bonds is 5. The normalized spacial score (nSPS) is 10.6. The zero-order valence-corrected chi connectivity index (χ0v) is 15.3. The molecule has 0 aliphatic heterocycles. The van der Waals surface area contributed by atoms with Gasteiger partial charge in [0.25, 0.3) is 0 Å².